The van der Waals surface area contributed by atoms with E-state index in [4.69, 9.17) is 9.47 Å². The molecular weight excluding hydrogens is 413 g/mol. The molecule has 3 aromatic rings. The number of nitrogens with zero attached hydrogens (tertiary/aromatic N) is 3. The van der Waals surface area contributed by atoms with Crippen LogP contribution in [-0.4, -0.2) is 40.1 Å². The number of rotatable bonds is 7. The molecule has 2 aromatic heterocycles. The van der Waals surface area contributed by atoms with Gasteiger partial charge in [0.15, 0.2) is 11.6 Å². The lowest BCUT2D eigenvalue weighted by Gasteiger charge is -2.24. The van der Waals surface area contributed by atoms with Crippen molar-refractivity contribution in [1.29, 1.82) is 0 Å². The number of carbonyl (C=O) groups excluding carboxylic acids is 1. The summed E-state index contributed by atoms with van der Waals surface area (Å²) in [6.45, 7) is 6.10. The van der Waals surface area contributed by atoms with Crippen LogP contribution in [-0.2, 0) is 24.2 Å². The van der Waals surface area contributed by atoms with Gasteiger partial charge in [-0.2, -0.15) is 10.2 Å². The van der Waals surface area contributed by atoms with Gasteiger partial charge >= 0.3 is 0 Å². The Morgan fingerprint density at radius 3 is 2.91 bits per heavy atom. The third-order valence-corrected chi connectivity index (χ3v) is 5.89. The predicted molar refractivity (Wildman–Crippen MR) is 119 cm³/mol. The van der Waals surface area contributed by atoms with Crippen LogP contribution in [0.3, 0.4) is 0 Å². The summed E-state index contributed by atoms with van der Waals surface area (Å²) in [5, 5.41) is 14.9. The molecule has 32 heavy (non-hydrogen) atoms. The molecule has 0 radical (unpaired) electrons. The second-order valence-electron chi connectivity index (χ2n) is 7.62. The molecule has 1 aliphatic carbocycles. The zero-order valence-corrected chi connectivity index (χ0v) is 18.4. The summed E-state index contributed by atoms with van der Waals surface area (Å²) < 4.78 is 27.3. The van der Waals surface area contributed by atoms with Gasteiger partial charge in [-0.1, -0.05) is 6.58 Å². The van der Waals surface area contributed by atoms with Gasteiger partial charge in [0.25, 0.3) is 0 Å². The Labute approximate surface area is 185 Å². The van der Waals surface area contributed by atoms with Gasteiger partial charge in [0.05, 0.1) is 26.1 Å². The number of aromatic amines is 1. The Morgan fingerprint density at radius 2 is 2.22 bits per heavy atom. The molecule has 1 aliphatic rings. The van der Waals surface area contributed by atoms with Crippen molar-refractivity contribution in [1.82, 2.24) is 20.0 Å². The highest BCUT2D eigenvalue weighted by molar-refractivity contribution is 6.01. The number of fused-ring (bicyclic) bond motifs is 1. The van der Waals surface area contributed by atoms with Crippen molar-refractivity contribution in [3.05, 3.63) is 53.6 Å². The van der Waals surface area contributed by atoms with Crippen molar-refractivity contribution in [2.75, 3.05) is 19.5 Å². The van der Waals surface area contributed by atoms with Crippen molar-refractivity contribution in [3.8, 4) is 22.9 Å². The molecule has 4 rings (SSSR count). The molecule has 0 saturated heterocycles. The van der Waals surface area contributed by atoms with E-state index in [-0.39, 0.29) is 23.4 Å². The fourth-order valence-corrected chi connectivity index (χ4v) is 4.27. The molecule has 168 valence electrons. The Hall–Kier alpha value is -3.62. The van der Waals surface area contributed by atoms with Crippen molar-refractivity contribution in [2.24, 2.45) is 0 Å². The molecule has 0 aliphatic heterocycles. The molecule has 1 aromatic carbocycles. The maximum Gasteiger partial charge on any atom is 0.247 e. The number of hydrogen-bond acceptors (Lipinski definition) is 5. The number of methoxy groups -OCH3 is 2. The summed E-state index contributed by atoms with van der Waals surface area (Å²) in [5.41, 5.74) is 4.65. The highest BCUT2D eigenvalue weighted by atomic mass is 19.1. The van der Waals surface area contributed by atoms with Crippen LogP contribution in [0, 0.1) is 5.82 Å². The van der Waals surface area contributed by atoms with Gasteiger partial charge in [0.2, 0.25) is 5.91 Å². The number of anilines is 1. The lowest BCUT2D eigenvalue weighted by atomic mass is 9.81. The van der Waals surface area contributed by atoms with Crippen molar-refractivity contribution < 1.29 is 18.7 Å². The summed E-state index contributed by atoms with van der Waals surface area (Å²) >= 11 is 0. The molecule has 1 atom stereocenters. The number of hydrogen-bond donors (Lipinski definition) is 2. The maximum absolute atomic E-state index is 15.0. The molecule has 2 N–H and O–H groups in total. The van der Waals surface area contributed by atoms with E-state index in [1.54, 1.807) is 30.1 Å². The van der Waals surface area contributed by atoms with E-state index < -0.39 is 0 Å². The second kappa shape index (κ2) is 8.86. The minimum absolute atomic E-state index is 0.0455. The maximum atomic E-state index is 15.0. The second-order valence-corrected chi connectivity index (χ2v) is 7.62. The van der Waals surface area contributed by atoms with Gasteiger partial charge in [-0.3, -0.25) is 14.6 Å². The van der Waals surface area contributed by atoms with Crippen molar-refractivity contribution >= 4 is 11.6 Å². The van der Waals surface area contributed by atoms with E-state index in [1.807, 2.05) is 6.92 Å². The molecule has 0 spiro atoms. The van der Waals surface area contributed by atoms with Crippen LogP contribution < -0.4 is 14.8 Å². The first-order valence-electron chi connectivity index (χ1n) is 10.5. The average Bonchev–Trinajstić information content (AvgIpc) is 3.41. The quantitative estimate of drug-likeness (QED) is 0.546. The van der Waals surface area contributed by atoms with Crippen LogP contribution in [0.1, 0.15) is 36.1 Å². The number of H-pyrrole nitrogens is 1. The Bertz CT molecular complexity index is 1170. The fraction of sp³-hybridized carbons (Fsp3) is 0.348. The normalized spacial score (nSPS) is 15.2. The molecule has 0 unspecified atom stereocenters. The van der Waals surface area contributed by atoms with Crippen molar-refractivity contribution in [3.63, 3.8) is 0 Å². The topological polar surface area (TPSA) is 94.1 Å². The first kappa shape index (κ1) is 21.6. The van der Waals surface area contributed by atoms with E-state index in [2.05, 4.69) is 27.2 Å². The van der Waals surface area contributed by atoms with E-state index in [1.165, 1.54) is 13.2 Å². The first-order valence-corrected chi connectivity index (χ1v) is 10.5. The van der Waals surface area contributed by atoms with Crippen LogP contribution >= 0.6 is 0 Å². The lowest BCUT2D eigenvalue weighted by molar-refractivity contribution is -0.111. The van der Waals surface area contributed by atoms with Gasteiger partial charge < -0.3 is 14.8 Å². The summed E-state index contributed by atoms with van der Waals surface area (Å²) in [7, 11) is 3.00. The van der Waals surface area contributed by atoms with E-state index >= 15 is 4.39 Å². The Morgan fingerprint density at radius 1 is 1.41 bits per heavy atom. The molecule has 0 fully saturated rings. The van der Waals surface area contributed by atoms with Crippen LogP contribution in [0.2, 0.25) is 0 Å². The largest absolute Gasteiger partial charge is 0.497 e. The summed E-state index contributed by atoms with van der Waals surface area (Å²) in [4.78, 5) is 11.9. The zero-order chi connectivity index (χ0) is 22.8. The highest BCUT2D eigenvalue weighted by Gasteiger charge is 2.30. The number of carbonyl (C=O) groups is 1. The molecule has 0 saturated carbocycles. The van der Waals surface area contributed by atoms with Gasteiger partial charge in [-0.25, -0.2) is 4.39 Å². The SMILES string of the molecule is C=CC(=O)Nc1cnn(CC)c1-c1n[nH]c2c1CC[C@@H](c1cc(OC)cc(OC)c1F)C2. The van der Waals surface area contributed by atoms with Crippen LogP contribution in [0.4, 0.5) is 10.1 Å². The number of nitrogens with one attached hydrogen (secondary N) is 2. The highest BCUT2D eigenvalue weighted by Crippen LogP contribution is 2.41. The van der Waals surface area contributed by atoms with Crippen molar-refractivity contribution in [2.45, 2.75) is 38.6 Å². The fourth-order valence-electron chi connectivity index (χ4n) is 4.27. The smallest absolute Gasteiger partial charge is 0.247 e. The zero-order valence-electron chi connectivity index (χ0n) is 18.4. The van der Waals surface area contributed by atoms with Gasteiger partial charge in [0.1, 0.15) is 17.1 Å². The van der Waals surface area contributed by atoms with Gasteiger partial charge in [-0.15, -0.1) is 0 Å². The number of aryl methyl sites for hydroxylation is 1. The summed E-state index contributed by atoms with van der Waals surface area (Å²) in [5.74, 6) is 0.0123. The summed E-state index contributed by atoms with van der Waals surface area (Å²) in [6.07, 6.45) is 4.87. The monoisotopic (exact) mass is 439 g/mol. The average molecular weight is 439 g/mol. The van der Waals surface area contributed by atoms with Gasteiger partial charge in [0, 0.05) is 23.9 Å². The van der Waals surface area contributed by atoms with E-state index in [0.717, 1.165) is 29.1 Å². The summed E-state index contributed by atoms with van der Waals surface area (Å²) in [6, 6.07) is 3.28. The van der Waals surface area contributed by atoms with E-state index in [0.29, 0.717) is 36.4 Å². The Balaban J connectivity index is 1.69. The minimum Gasteiger partial charge on any atom is -0.497 e. The van der Waals surface area contributed by atoms with Gasteiger partial charge in [-0.05, 0) is 49.8 Å². The number of halogens is 1. The third-order valence-electron chi connectivity index (χ3n) is 5.89. The molecule has 1 amide bonds. The molecule has 8 nitrogen and oxygen atoms in total. The predicted octanol–water partition coefficient (Wildman–Crippen LogP) is 3.85. The Kier molecular flexibility index (Phi) is 5.98. The molecule has 0 bridgehead atoms. The standard InChI is InChI=1S/C23H26FN5O3/c1-5-20(30)26-18-12-25-29(6-2)23(18)22-15-8-7-13(9-17(15)27-28-22)16-10-14(31-3)11-19(32-4)21(16)24/h5,10-13H,1,6-9H2,2-4H3,(H,26,30)(H,27,28)/t13-/m1/s1. The molecular formula is C23H26FN5O3. The number of amides is 1. The lowest BCUT2D eigenvalue weighted by Crippen LogP contribution is -2.15. The third kappa shape index (κ3) is 3.74. The van der Waals surface area contributed by atoms with E-state index in [9.17, 15) is 4.79 Å². The van der Waals surface area contributed by atoms with Crippen LogP contribution in [0.25, 0.3) is 11.4 Å². The van der Waals surface area contributed by atoms with Crippen LogP contribution in [0.5, 0.6) is 11.5 Å². The number of benzene rings is 1. The minimum atomic E-state index is -0.361. The molecule has 2 heterocycles. The number of aromatic nitrogens is 4. The number of ether oxygens (including phenoxy) is 2. The molecule has 9 heteroatoms. The first-order chi connectivity index (χ1) is 15.5. The van der Waals surface area contributed by atoms with Crippen LogP contribution in [0.15, 0.2) is 31.0 Å².